The molecule has 0 fully saturated rings. The van der Waals surface area contributed by atoms with Crippen molar-refractivity contribution in [1.29, 1.82) is 0 Å². The average molecular weight is 206 g/mol. The van der Waals surface area contributed by atoms with Crippen molar-refractivity contribution in [3.8, 4) is 5.75 Å². The number of likely N-dealkylation sites (N-methyl/N-ethyl adjacent to an activating group) is 1. The van der Waals surface area contributed by atoms with Gasteiger partial charge in [-0.05, 0) is 24.1 Å². The zero-order chi connectivity index (χ0) is 11.0. The molecule has 1 aliphatic heterocycles. The first-order valence-electron chi connectivity index (χ1n) is 4.95. The molecule has 0 unspecified atom stereocenters. The largest absolute Gasteiger partial charge is 0.481 e. The van der Waals surface area contributed by atoms with Crippen LogP contribution in [0.3, 0.4) is 0 Å². The van der Waals surface area contributed by atoms with Crippen molar-refractivity contribution in [2.75, 3.05) is 24.3 Å². The Hall–Kier alpha value is -1.71. The summed E-state index contributed by atoms with van der Waals surface area (Å²) in [4.78, 5) is 13.0. The molecule has 0 aliphatic carbocycles. The van der Waals surface area contributed by atoms with Gasteiger partial charge in [-0.3, -0.25) is 4.79 Å². The molecule has 1 aromatic rings. The smallest absolute Gasteiger partial charge is 0.264 e. The average Bonchev–Trinajstić information content (AvgIpc) is 2.23. The second-order valence-electron chi connectivity index (χ2n) is 3.63. The molecule has 4 nitrogen and oxygen atoms in total. The molecular weight excluding hydrogens is 192 g/mol. The van der Waals surface area contributed by atoms with Crippen molar-refractivity contribution in [3.63, 3.8) is 0 Å². The minimum absolute atomic E-state index is 0.0709. The van der Waals surface area contributed by atoms with Gasteiger partial charge in [0.05, 0.1) is 5.69 Å². The van der Waals surface area contributed by atoms with Crippen molar-refractivity contribution >= 4 is 17.3 Å². The maximum atomic E-state index is 11.4. The Morgan fingerprint density at radius 1 is 1.53 bits per heavy atom. The molecule has 0 saturated carbocycles. The van der Waals surface area contributed by atoms with Crippen molar-refractivity contribution in [2.45, 2.75) is 13.3 Å². The zero-order valence-electron chi connectivity index (χ0n) is 8.91. The number of fused-ring (bicyclic) bond motifs is 1. The minimum atomic E-state index is -0.0709. The number of benzene rings is 1. The molecular formula is C11H14N2O2. The number of amides is 1. The summed E-state index contributed by atoms with van der Waals surface area (Å²) < 4.78 is 5.36. The van der Waals surface area contributed by atoms with Gasteiger partial charge in [0, 0.05) is 7.05 Å². The summed E-state index contributed by atoms with van der Waals surface area (Å²) in [5.74, 6) is 0.632. The van der Waals surface area contributed by atoms with Crippen LogP contribution >= 0.6 is 0 Å². The van der Waals surface area contributed by atoms with E-state index in [0.717, 1.165) is 12.0 Å². The van der Waals surface area contributed by atoms with Gasteiger partial charge < -0.3 is 15.4 Å². The van der Waals surface area contributed by atoms with Gasteiger partial charge >= 0.3 is 0 Å². The number of nitrogens with two attached hydrogens (primary N) is 1. The highest BCUT2D eigenvalue weighted by Gasteiger charge is 2.24. The summed E-state index contributed by atoms with van der Waals surface area (Å²) in [5.41, 5.74) is 8.30. The molecule has 1 amide bonds. The first-order chi connectivity index (χ1) is 7.13. The van der Waals surface area contributed by atoms with E-state index in [1.165, 1.54) is 0 Å². The third kappa shape index (κ3) is 1.52. The summed E-state index contributed by atoms with van der Waals surface area (Å²) in [6.45, 7) is 2.15. The fraction of sp³-hybridized carbons (Fsp3) is 0.364. The predicted octanol–water partition coefficient (Wildman–Crippen LogP) is 1.19. The van der Waals surface area contributed by atoms with Crippen molar-refractivity contribution in [2.24, 2.45) is 0 Å². The van der Waals surface area contributed by atoms with E-state index in [0.29, 0.717) is 17.1 Å². The standard InChI is InChI=1S/C11H14N2O2/c1-3-7-4-8(12)11-9(5-7)15-6-10(14)13(11)2/h4-5H,3,6,12H2,1-2H3. The number of carbonyl (C=O) groups excluding carboxylic acids is 1. The van der Waals surface area contributed by atoms with Gasteiger partial charge in [-0.1, -0.05) is 6.92 Å². The number of aryl methyl sites for hydroxylation is 1. The normalized spacial score (nSPS) is 14.8. The first kappa shape index (κ1) is 9.83. The van der Waals surface area contributed by atoms with E-state index < -0.39 is 0 Å². The van der Waals surface area contributed by atoms with Gasteiger partial charge in [0.2, 0.25) is 0 Å². The van der Waals surface area contributed by atoms with Crippen LogP contribution in [0.1, 0.15) is 12.5 Å². The minimum Gasteiger partial charge on any atom is -0.481 e. The van der Waals surface area contributed by atoms with Crippen molar-refractivity contribution < 1.29 is 9.53 Å². The molecule has 0 spiro atoms. The Kier molecular flexibility index (Phi) is 2.26. The van der Waals surface area contributed by atoms with Gasteiger partial charge in [-0.25, -0.2) is 0 Å². The number of rotatable bonds is 1. The third-order valence-corrected chi connectivity index (χ3v) is 2.63. The highest BCUT2D eigenvalue weighted by atomic mass is 16.5. The third-order valence-electron chi connectivity index (χ3n) is 2.63. The molecule has 0 radical (unpaired) electrons. The van der Waals surface area contributed by atoms with E-state index >= 15 is 0 Å². The molecule has 1 heterocycles. The number of carbonyl (C=O) groups is 1. The lowest BCUT2D eigenvalue weighted by molar-refractivity contribution is -0.120. The lowest BCUT2D eigenvalue weighted by Crippen LogP contribution is -2.36. The zero-order valence-corrected chi connectivity index (χ0v) is 8.91. The molecule has 0 atom stereocenters. The molecule has 4 heteroatoms. The number of anilines is 2. The van der Waals surface area contributed by atoms with Gasteiger partial charge in [-0.2, -0.15) is 0 Å². The van der Waals surface area contributed by atoms with Crippen molar-refractivity contribution in [1.82, 2.24) is 0 Å². The number of nitrogen functional groups attached to an aromatic ring is 1. The van der Waals surface area contributed by atoms with Crippen LogP contribution in [-0.2, 0) is 11.2 Å². The van der Waals surface area contributed by atoms with Crippen LogP contribution in [0, 0.1) is 0 Å². The summed E-state index contributed by atoms with van der Waals surface area (Å²) in [6.07, 6.45) is 0.901. The van der Waals surface area contributed by atoms with E-state index in [4.69, 9.17) is 10.5 Å². The summed E-state index contributed by atoms with van der Waals surface area (Å²) in [5, 5.41) is 0. The Bertz CT molecular complexity index is 415. The fourth-order valence-corrected chi connectivity index (χ4v) is 1.72. The highest BCUT2D eigenvalue weighted by molar-refractivity contribution is 6.00. The Balaban J connectivity index is 2.55. The molecule has 15 heavy (non-hydrogen) atoms. The van der Waals surface area contributed by atoms with Crippen LogP contribution in [0.25, 0.3) is 0 Å². The molecule has 2 rings (SSSR count). The van der Waals surface area contributed by atoms with Crippen LogP contribution in [-0.4, -0.2) is 19.6 Å². The number of ether oxygens (including phenoxy) is 1. The van der Waals surface area contributed by atoms with Gasteiger partial charge in [0.15, 0.2) is 6.61 Å². The Morgan fingerprint density at radius 2 is 2.27 bits per heavy atom. The van der Waals surface area contributed by atoms with Crippen LogP contribution < -0.4 is 15.4 Å². The Morgan fingerprint density at radius 3 is 2.93 bits per heavy atom. The number of hydrogen-bond acceptors (Lipinski definition) is 3. The SMILES string of the molecule is CCc1cc(N)c2c(c1)OCC(=O)N2C. The number of nitrogens with zero attached hydrogens (tertiary/aromatic N) is 1. The molecule has 80 valence electrons. The first-order valence-corrected chi connectivity index (χ1v) is 4.95. The predicted molar refractivity (Wildman–Crippen MR) is 59.1 cm³/mol. The highest BCUT2D eigenvalue weighted by Crippen LogP contribution is 2.37. The van der Waals surface area contributed by atoms with Crippen LogP contribution in [0.2, 0.25) is 0 Å². The van der Waals surface area contributed by atoms with Crippen LogP contribution in [0.15, 0.2) is 12.1 Å². The molecule has 1 aliphatic rings. The maximum Gasteiger partial charge on any atom is 0.264 e. The molecule has 0 saturated heterocycles. The van der Waals surface area contributed by atoms with Gasteiger partial charge in [0.25, 0.3) is 5.91 Å². The topological polar surface area (TPSA) is 55.6 Å². The van der Waals surface area contributed by atoms with Crippen LogP contribution in [0.4, 0.5) is 11.4 Å². The lowest BCUT2D eigenvalue weighted by Gasteiger charge is -2.27. The van der Waals surface area contributed by atoms with E-state index in [1.807, 2.05) is 12.1 Å². The van der Waals surface area contributed by atoms with E-state index in [9.17, 15) is 4.79 Å². The lowest BCUT2D eigenvalue weighted by atomic mass is 10.1. The molecule has 1 aromatic carbocycles. The summed E-state index contributed by atoms with van der Waals surface area (Å²) >= 11 is 0. The van der Waals surface area contributed by atoms with Crippen molar-refractivity contribution in [3.05, 3.63) is 17.7 Å². The fourth-order valence-electron chi connectivity index (χ4n) is 1.72. The monoisotopic (exact) mass is 206 g/mol. The quantitative estimate of drug-likeness (QED) is 0.702. The Labute approximate surface area is 88.6 Å². The molecule has 0 aromatic heterocycles. The second-order valence-corrected chi connectivity index (χ2v) is 3.63. The molecule has 0 bridgehead atoms. The number of hydrogen-bond donors (Lipinski definition) is 1. The maximum absolute atomic E-state index is 11.4. The van der Waals surface area contributed by atoms with Crippen LogP contribution in [0.5, 0.6) is 5.75 Å². The van der Waals surface area contributed by atoms with Gasteiger partial charge in [0.1, 0.15) is 11.4 Å². The summed E-state index contributed by atoms with van der Waals surface area (Å²) in [7, 11) is 1.71. The van der Waals surface area contributed by atoms with E-state index in [1.54, 1.807) is 11.9 Å². The summed E-state index contributed by atoms with van der Waals surface area (Å²) in [6, 6.07) is 3.83. The second kappa shape index (κ2) is 3.46. The molecule has 2 N–H and O–H groups in total. The van der Waals surface area contributed by atoms with E-state index in [-0.39, 0.29) is 12.5 Å². The van der Waals surface area contributed by atoms with E-state index in [2.05, 4.69) is 6.92 Å². The van der Waals surface area contributed by atoms with Gasteiger partial charge in [-0.15, -0.1) is 0 Å².